The number of hydrogen-bond acceptors (Lipinski definition) is 3. The molecule has 3 heteroatoms. The molecule has 3 N–H and O–H groups in total. The molecule has 0 aromatic heterocycles. The minimum Gasteiger partial charge on any atom is -0.376 e. The van der Waals surface area contributed by atoms with Crippen molar-refractivity contribution in [3.8, 4) is 12.3 Å². The Kier molecular flexibility index (Phi) is 4.95. The van der Waals surface area contributed by atoms with E-state index in [1.165, 1.54) is 0 Å². The Hall–Kier alpha value is -0.560. The van der Waals surface area contributed by atoms with Crippen molar-refractivity contribution >= 4 is 0 Å². The lowest BCUT2D eigenvalue weighted by atomic mass is 10.3. The van der Waals surface area contributed by atoms with Crippen LogP contribution in [-0.2, 0) is 4.74 Å². The lowest BCUT2D eigenvalue weighted by molar-refractivity contribution is 0.0710. The summed E-state index contributed by atoms with van der Waals surface area (Å²) in [7, 11) is 0. The monoisotopic (exact) mass is 142 g/mol. The van der Waals surface area contributed by atoms with E-state index in [4.69, 9.17) is 17.0 Å². The van der Waals surface area contributed by atoms with Crippen LogP contribution in [0.5, 0.6) is 0 Å². The molecule has 0 amide bonds. The van der Waals surface area contributed by atoms with E-state index in [1.54, 1.807) is 0 Å². The number of hydrazine groups is 1. The molecule has 3 nitrogen and oxygen atoms in total. The minimum absolute atomic E-state index is 0.178. The van der Waals surface area contributed by atoms with E-state index in [1.807, 2.05) is 13.8 Å². The van der Waals surface area contributed by atoms with E-state index in [2.05, 4.69) is 11.3 Å². The minimum atomic E-state index is -0.178. The highest BCUT2D eigenvalue weighted by molar-refractivity contribution is 4.97. The third-order valence-electron chi connectivity index (χ3n) is 0.999. The summed E-state index contributed by atoms with van der Waals surface area (Å²) in [5.41, 5.74) is 2.45. The Labute approximate surface area is 61.9 Å². The normalized spacial score (nSPS) is 13.1. The van der Waals surface area contributed by atoms with Gasteiger partial charge in [0.2, 0.25) is 0 Å². The van der Waals surface area contributed by atoms with Gasteiger partial charge in [-0.2, -0.15) is 0 Å². The van der Waals surface area contributed by atoms with Crippen molar-refractivity contribution in [3.05, 3.63) is 0 Å². The molecule has 0 fully saturated rings. The van der Waals surface area contributed by atoms with E-state index in [0.717, 1.165) is 0 Å². The van der Waals surface area contributed by atoms with Crippen LogP contribution in [0.4, 0.5) is 0 Å². The number of ether oxygens (including phenoxy) is 1. The maximum Gasteiger partial charge on any atom is 0.105 e. The first-order valence-electron chi connectivity index (χ1n) is 3.24. The molecule has 0 heterocycles. The molecule has 1 unspecified atom stereocenters. The van der Waals surface area contributed by atoms with E-state index in [0.29, 0.717) is 6.61 Å². The van der Waals surface area contributed by atoms with Gasteiger partial charge in [-0.25, -0.2) is 5.43 Å². The van der Waals surface area contributed by atoms with Gasteiger partial charge in [-0.05, 0) is 13.8 Å². The fraction of sp³-hybridized carbons (Fsp3) is 0.714. The fourth-order valence-corrected chi connectivity index (χ4v) is 0.433. The summed E-state index contributed by atoms with van der Waals surface area (Å²) in [4.78, 5) is 0. The van der Waals surface area contributed by atoms with E-state index < -0.39 is 0 Å². The lowest BCUT2D eigenvalue weighted by Crippen LogP contribution is -2.38. The van der Waals surface area contributed by atoms with Crippen LogP contribution < -0.4 is 11.3 Å². The molecule has 0 aliphatic heterocycles. The van der Waals surface area contributed by atoms with Gasteiger partial charge >= 0.3 is 0 Å². The molecule has 0 aliphatic rings. The van der Waals surface area contributed by atoms with Crippen LogP contribution in [0.2, 0.25) is 0 Å². The topological polar surface area (TPSA) is 47.3 Å². The Balaban J connectivity index is 3.38. The van der Waals surface area contributed by atoms with Crippen LogP contribution in [0, 0.1) is 12.3 Å². The highest BCUT2D eigenvalue weighted by Crippen LogP contribution is 1.89. The van der Waals surface area contributed by atoms with Crippen molar-refractivity contribution in [2.75, 3.05) is 6.61 Å². The number of rotatable bonds is 4. The molecule has 0 saturated heterocycles. The Bertz CT molecular complexity index is 117. The molecule has 0 bridgehead atoms. The summed E-state index contributed by atoms with van der Waals surface area (Å²) in [6.45, 7) is 4.36. The van der Waals surface area contributed by atoms with Gasteiger partial charge in [0.05, 0.1) is 12.7 Å². The molecule has 0 radical (unpaired) electrons. The zero-order valence-corrected chi connectivity index (χ0v) is 6.42. The van der Waals surface area contributed by atoms with Crippen LogP contribution in [0.25, 0.3) is 0 Å². The van der Waals surface area contributed by atoms with Crippen LogP contribution in [0.3, 0.4) is 0 Å². The summed E-state index contributed by atoms with van der Waals surface area (Å²) in [6.07, 6.45) is 5.30. The predicted molar refractivity (Wildman–Crippen MR) is 41.0 cm³/mol. The second kappa shape index (κ2) is 5.24. The van der Waals surface area contributed by atoms with Crippen LogP contribution >= 0.6 is 0 Å². The molecular weight excluding hydrogens is 128 g/mol. The highest BCUT2D eigenvalue weighted by atomic mass is 16.5. The van der Waals surface area contributed by atoms with Crippen molar-refractivity contribution < 1.29 is 4.74 Å². The van der Waals surface area contributed by atoms with Gasteiger partial charge in [0.25, 0.3) is 0 Å². The van der Waals surface area contributed by atoms with Gasteiger partial charge in [0.15, 0.2) is 0 Å². The molecule has 0 saturated carbocycles. The quantitative estimate of drug-likeness (QED) is 0.327. The standard InChI is InChI=1S/C7H14N2O/c1-4-7(9-8)5-10-6(2)3/h1,6-7,9H,5,8H2,2-3H3. The summed E-state index contributed by atoms with van der Waals surface area (Å²) < 4.78 is 5.20. The molecule has 0 aliphatic carbocycles. The van der Waals surface area contributed by atoms with Gasteiger partial charge in [0, 0.05) is 0 Å². The van der Waals surface area contributed by atoms with Gasteiger partial charge < -0.3 is 4.74 Å². The van der Waals surface area contributed by atoms with Crippen molar-refractivity contribution in [2.45, 2.75) is 26.0 Å². The van der Waals surface area contributed by atoms with E-state index in [9.17, 15) is 0 Å². The molecular formula is C7H14N2O. The third-order valence-corrected chi connectivity index (χ3v) is 0.999. The smallest absolute Gasteiger partial charge is 0.105 e. The predicted octanol–water partition coefficient (Wildman–Crippen LogP) is -0.124. The number of nitrogens with two attached hydrogens (primary N) is 1. The molecule has 0 aromatic rings. The maximum atomic E-state index is 5.20. The summed E-state index contributed by atoms with van der Waals surface area (Å²) in [6, 6.07) is -0.178. The van der Waals surface area contributed by atoms with Gasteiger partial charge in [-0.15, -0.1) is 6.42 Å². The van der Waals surface area contributed by atoms with Crippen molar-refractivity contribution in [1.29, 1.82) is 0 Å². The third kappa shape index (κ3) is 4.33. The van der Waals surface area contributed by atoms with Crippen LogP contribution in [0.15, 0.2) is 0 Å². The zero-order chi connectivity index (χ0) is 7.98. The Morgan fingerprint density at radius 2 is 2.30 bits per heavy atom. The van der Waals surface area contributed by atoms with Crippen molar-refractivity contribution in [2.24, 2.45) is 5.84 Å². The fourth-order valence-electron chi connectivity index (χ4n) is 0.433. The maximum absolute atomic E-state index is 5.20. The van der Waals surface area contributed by atoms with E-state index in [-0.39, 0.29) is 12.1 Å². The molecule has 0 rings (SSSR count). The highest BCUT2D eigenvalue weighted by Gasteiger charge is 2.01. The summed E-state index contributed by atoms with van der Waals surface area (Å²) in [5, 5.41) is 0. The number of hydrogen-bond donors (Lipinski definition) is 2. The second-order valence-corrected chi connectivity index (χ2v) is 2.27. The van der Waals surface area contributed by atoms with Crippen molar-refractivity contribution in [1.82, 2.24) is 5.43 Å². The average molecular weight is 142 g/mol. The van der Waals surface area contributed by atoms with Crippen LogP contribution in [-0.4, -0.2) is 18.8 Å². The molecule has 1 atom stereocenters. The summed E-state index contributed by atoms with van der Waals surface area (Å²) in [5.74, 6) is 7.54. The van der Waals surface area contributed by atoms with E-state index >= 15 is 0 Å². The first kappa shape index (κ1) is 9.44. The first-order valence-corrected chi connectivity index (χ1v) is 3.24. The Morgan fingerprint density at radius 3 is 2.60 bits per heavy atom. The van der Waals surface area contributed by atoms with Gasteiger partial charge in [0.1, 0.15) is 6.04 Å². The van der Waals surface area contributed by atoms with Gasteiger partial charge in [-0.3, -0.25) is 5.84 Å². The average Bonchev–Trinajstić information content (AvgIpc) is 1.90. The molecule has 10 heavy (non-hydrogen) atoms. The molecule has 0 aromatic carbocycles. The largest absolute Gasteiger partial charge is 0.376 e. The summed E-state index contributed by atoms with van der Waals surface area (Å²) >= 11 is 0. The molecule has 0 spiro atoms. The zero-order valence-electron chi connectivity index (χ0n) is 6.42. The van der Waals surface area contributed by atoms with Crippen molar-refractivity contribution in [3.63, 3.8) is 0 Å². The SMILES string of the molecule is C#CC(COC(C)C)NN. The Morgan fingerprint density at radius 1 is 1.70 bits per heavy atom. The second-order valence-electron chi connectivity index (χ2n) is 2.27. The van der Waals surface area contributed by atoms with Crippen LogP contribution in [0.1, 0.15) is 13.8 Å². The molecule has 58 valence electrons. The lowest BCUT2D eigenvalue weighted by Gasteiger charge is -2.11. The number of terminal acetylenes is 1. The first-order chi connectivity index (χ1) is 4.70. The number of nitrogens with one attached hydrogen (secondary N) is 1. The van der Waals surface area contributed by atoms with Gasteiger partial charge in [-0.1, -0.05) is 5.92 Å².